The Kier molecular flexibility index (Phi) is 4.89. The maximum atomic E-state index is 12.0. The number of hydrogen-bond donors (Lipinski definition) is 2. The lowest BCUT2D eigenvalue weighted by atomic mass is 10.1. The zero-order valence-electron chi connectivity index (χ0n) is 14.7. The Morgan fingerprint density at radius 1 is 1.18 bits per heavy atom. The van der Waals surface area contributed by atoms with Gasteiger partial charge in [0.1, 0.15) is 12.7 Å². The molecule has 0 saturated carbocycles. The minimum absolute atomic E-state index is 0.0223. The molecule has 3 rings (SSSR count). The molecule has 3 N–H and O–H groups in total. The Hall–Kier alpha value is -3.29. The second-order valence-corrected chi connectivity index (χ2v) is 7.52. The lowest BCUT2D eigenvalue weighted by molar-refractivity contribution is -0.152. The zero-order chi connectivity index (χ0) is 20.5. The van der Waals surface area contributed by atoms with E-state index >= 15 is 0 Å². The van der Waals surface area contributed by atoms with E-state index < -0.39 is 26.6 Å². The molecule has 0 fully saturated rings. The second-order valence-electron chi connectivity index (χ2n) is 5.99. The number of oxazole rings is 1. The molecule has 1 atom stereocenters. The van der Waals surface area contributed by atoms with Crippen molar-refractivity contribution in [1.82, 2.24) is 9.63 Å². The van der Waals surface area contributed by atoms with E-state index in [4.69, 9.17) is 16.0 Å². The van der Waals surface area contributed by atoms with Crippen molar-refractivity contribution >= 4 is 21.9 Å². The van der Waals surface area contributed by atoms with E-state index in [1.54, 1.807) is 36.4 Å². The number of quaternary nitrogens is 1. The van der Waals surface area contributed by atoms with Gasteiger partial charge in [0, 0.05) is 17.0 Å². The van der Waals surface area contributed by atoms with Crippen molar-refractivity contribution in [2.24, 2.45) is 5.14 Å². The molecular formula is C19H16N3O5S+. The number of hydrogen-bond acceptors (Lipinski definition) is 6. The summed E-state index contributed by atoms with van der Waals surface area (Å²) in [6.45, 7) is 0. The first kappa shape index (κ1) is 19.5. The third-order valence-electron chi connectivity index (χ3n) is 3.99. The number of rotatable bonds is 4. The Balaban J connectivity index is 2.34. The van der Waals surface area contributed by atoms with E-state index in [2.05, 4.69) is 4.98 Å². The number of nitrogens with zero attached hydrogens (tertiary/aromatic N) is 2. The van der Waals surface area contributed by atoms with Crippen LogP contribution in [-0.4, -0.2) is 31.6 Å². The summed E-state index contributed by atoms with van der Waals surface area (Å²) >= 11 is 0. The van der Waals surface area contributed by atoms with Gasteiger partial charge in [0.05, 0.1) is 4.90 Å². The molecule has 0 aliphatic rings. The fourth-order valence-electron chi connectivity index (χ4n) is 2.58. The van der Waals surface area contributed by atoms with E-state index in [1.807, 2.05) is 5.92 Å². The van der Waals surface area contributed by atoms with Gasteiger partial charge in [0.25, 0.3) is 0 Å². The largest absolute Gasteiger partial charge is 0.447 e. The van der Waals surface area contributed by atoms with Crippen molar-refractivity contribution in [1.29, 1.82) is 0 Å². The maximum absolute atomic E-state index is 12.0. The summed E-state index contributed by atoms with van der Waals surface area (Å²) in [6.07, 6.45) is 5.10. The van der Waals surface area contributed by atoms with Gasteiger partial charge in [-0.1, -0.05) is 42.5 Å². The maximum Gasteiger partial charge on any atom is 0.447 e. The minimum Gasteiger partial charge on any atom is -0.392 e. The van der Waals surface area contributed by atoms with Gasteiger partial charge in [-0.05, 0) is 16.8 Å². The molecule has 0 saturated heterocycles. The van der Waals surface area contributed by atoms with Gasteiger partial charge in [0.15, 0.2) is 5.76 Å². The van der Waals surface area contributed by atoms with Gasteiger partial charge in [-0.15, -0.1) is 6.42 Å². The highest BCUT2D eigenvalue weighted by atomic mass is 32.2. The van der Waals surface area contributed by atoms with Gasteiger partial charge in [-0.25, -0.2) is 18.4 Å². The Labute approximate surface area is 161 Å². The predicted octanol–water partition coefficient (Wildman–Crippen LogP) is 2.14. The molecule has 8 nitrogen and oxygen atoms in total. The zero-order valence-corrected chi connectivity index (χ0v) is 15.6. The van der Waals surface area contributed by atoms with Crippen LogP contribution in [0, 0.1) is 12.3 Å². The molecule has 0 radical (unpaired) electrons. The Bertz CT molecular complexity index is 1190. The highest BCUT2D eigenvalue weighted by molar-refractivity contribution is 7.89. The molecule has 0 aliphatic heterocycles. The van der Waals surface area contributed by atoms with Gasteiger partial charge >= 0.3 is 11.9 Å². The van der Waals surface area contributed by atoms with Gasteiger partial charge in [0.2, 0.25) is 10.0 Å². The van der Waals surface area contributed by atoms with Crippen LogP contribution < -0.4 is 9.79 Å². The molecule has 142 valence electrons. The minimum atomic E-state index is -4.08. The molecule has 2 aromatic carbocycles. The van der Waals surface area contributed by atoms with Crippen molar-refractivity contribution in [2.75, 3.05) is 7.05 Å². The fourth-order valence-corrected chi connectivity index (χ4v) is 3.32. The first-order chi connectivity index (χ1) is 13.2. The Morgan fingerprint density at radius 2 is 1.79 bits per heavy atom. The molecule has 1 unspecified atom stereocenters. The summed E-state index contributed by atoms with van der Waals surface area (Å²) in [5.41, 5.74) is 0.926. The molecule has 1 heterocycles. The van der Waals surface area contributed by atoms with Gasteiger partial charge in [-0.3, -0.25) is 0 Å². The number of terminal acetylenes is 1. The molecule has 9 heteroatoms. The average Bonchev–Trinajstić information content (AvgIpc) is 3.13. The molecular weight excluding hydrogens is 382 g/mol. The first-order valence-electron chi connectivity index (χ1n) is 7.95. The van der Waals surface area contributed by atoms with Crippen LogP contribution in [0.3, 0.4) is 0 Å². The number of amides is 1. The molecule has 3 aromatic rings. The number of carbonyl (C=O) groups excluding carboxylic acids is 1. The average molecular weight is 398 g/mol. The third kappa shape index (κ3) is 3.45. The number of benzene rings is 2. The highest BCUT2D eigenvalue weighted by Gasteiger charge is 2.40. The molecule has 0 aliphatic carbocycles. The molecule has 0 spiro atoms. The second kappa shape index (κ2) is 7.03. The highest BCUT2D eigenvalue weighted by Crippen LogP contribution is 2.38. The number of sulfonamides is 1. The van der Waals surface area contributed by atoms with Crippen molar-refractivity contribution in [3.05, 3.63) is 54.6 Å². The molecule has 0 bridgehead atoms. The summed E-state index contributed by atoms with van der Waals surface area (Å²) in [7, 11) is -2.99. The van der Waals surface area contributed by atoms with Crippen molar-refractivity contribution in [2.45, 2.75) is 4.90 Å². The normalized spacial score (nSPS) is 13.5. The summed E-state index contributed by atoms with van der Waals surface area (Å²) in [6, 6.07) is 14.2. The van der Waals surface area contributed by atoms with E-state index in [9.17, 15) is 18.4 Å². The van der Waals surface area contributed by atoms with Gasteiger partial charge in [-0.2, -0.15) is 10.2 Å². The van der Waals surface area contributed by atoms with Crippen molar-refractivity contribution < 1.29 is 22.8 Å². The van der Waals surface area contributed by atoms with Crippen LogP contribution in [0.4, 0.5) is 6.01 Å². The lowest BCUT2D eigenvalue weighted by Crippen LogP contribution is -2.46. The summed E-state index contributed by atoms with van der Waals surface area (Å²) in [5, 5.41) is 15.8. The standard InChI is InChI=1S/C19H16N3O5S/c1-3-16(23)22(2,24)19-21-17(13-9-5-4-6-10-13)18(27-19)14-11-7-8-12-15(14)28(20,25)26/h1,4-12,24H,2H3,(H2,20,25,26)/q+1. The van der Waals surface area contributed by atoms with E-state index in [1.165, 1.54) is 18.2 Å². The van der Waals surface area contributed by atoms with E-state index in [0.29, 0.717) is 5.56 Å². The summed E-state index contributed by atoms with van der Waals surface area (Å²) < 4.78 is 28.2. The van der Waals surface area contributed by atoms with Crippen molar-refractivity contribution in [3.8, 4) is 34.9 Å². The van der Waals surface area contributed by atoms with Crippen LogP contribution in [0.25, 0.3) is 22.6 Å². The number of hydroxylamine groups is 2. The fraction of sp³-hybridized carbons (Fsp3) is 0.0526. The smallest absolute Gasteiger partial charge is 0.392 e. The van der Waals surface area contributed by atoms with Crippen LogP contribution >= 0.6 is 0 Å². The van der Waals surface area contributed by atoms with E-state index in [-0.39, 0.29) is 21.9 Å². The quantitative estimate of drug-likeness (QED) is 0.300. The molecule has 28 heavy (non-hydrogen) atoms. The summed E-state index contributed by atoms with van der Waals surface area (Å²) in [4.78, 5) is 16.0. The number of aromatic nitrogens is 1. The topological polar surface area (TPSA) is 123 Å². The predicted molar refractivity (Wildman–Crippen MR) is 102 cm³/mol. The SMILES string of the molecule is C#CC(=O)[N+](C)(O)c1nc(-c2ccccc2)c(-c2ccccc2S(N)(=O)=O)o1. The number of primary sulfonamides is 1. The third-order valence-corrected chi connectivity index (χ3v) is 4.96. The molecule has 1 amide bonds. The van der Waals surface area contributed by atoms with Crippen LogP contribution in [0.5, 0.6) is 0 Å². The van der Waals surface area contributed by atoms with Crippen LogP contribution in [-0.2, 0) is 14.8 Å². The number of nitrogens with two attached hydrogens (primary N) is 1. The van der Waals surface area contributed by atoms with Crippen LogP contribution in [0.15, 0.2) is 63.9 Å². The van der Waals surface area contributed by atoms with Crippen LogP contribution in [0.1, 0.15) is 0 Å². The first-order valence-corrected chi connectivity index (χ1v) is 9.50. The van der Waals surface area contributed by atoms with E-state index in [0.717, 1.165) is 7.05 Å². The summed E-state index contributed by atoms with van der Waals surface area (Å²) in [5.74, 6) is 0.830. The van der Waals surface area contributed by atoms with Crippen molar-refractivity contribution in [3.63, 3.8) is 0 Å². The molecule has 1 aromatic heterocycles. The van der Waals surface area contributed by atoms with Crippen LogP contribution in [0.2, 0.25) is 0 Å². The lowest BCUT2D eigenvalue weighted by Gasteiger charge is -2.13. The Morgan fingerprint density at radius 3 is 2.39 bits per heavy atom. The van der Waals surface area contributed by atoms with Gasteiger partial charge < -0.3 is 4.42 Å². The number of carbonyl (C=O) groups is 1. The monoisotopic (exact) mass is 398 g/mol.